The first-order valence-corrected chi connectivity index (χ1v) is 25.3. The molecule has 4 aromatic heterocycles. The molecule has 0 spiro atoms. The third-order valence-electron chi connectivity index (χ3n) is 12.2. The van der Waals surface area contributed by atoms with E-state index >= 15 is 0 Å². The molecule has 14 nitrogen and oxygen atoms in total. The van der Waals surface area contributed by atoms with Crippen LogP contribution in [-0.2, 0) is 41.6 Å². The summed E-state index contributed by atoms with van der Waals surface area (Å²) in [6.07, 6.45) is 0. The van der Waals surface area contributed by atoms with Gasteiger partial charge in [0.25, 0.3) is 0 Å². The second-order valence-corrected chi connectivity index (χ2v) is 17.7. The average molecular weight is 1030 g/mol. The zero-order valence-corrected chi connectivity index (χ0v) is 44.2. The summed E-state index contributed by atoms with van der Waals surface area (Å²) in [7, 11) is 6.65. The maximum absolute atomic E-state index is 6.05. The van der Waals surface area contributed by atoms with Crippen molar-refractivity contribution < 1.29 is 47.4 Å². The molecular formula is C62H66N4O10. The number of hydrogen-bond donors (Lipinski definition) is 0. The zero-order chi connectivity index (χ0) is 52.9. The van der Waals surface area contributed by atoms with Crippen molar-refractivity contribution in [2.45, 2.75) is 27.1 Å². The van der Waals surface area contributed by atoms with Gasteiger partial charge in [0.2, 0.25) is 0 Å². The summed E-state index contributed by atoms with van der Waals surface area (Å²) in [6.45, 7) is 8.90. The predicted molar refractivity (Wildman–Crippen MR) is 295 cm³/mol. The smallest absolute Gasteiger partial charge is 0.118 e. The minimum absolute atomic E-state index is 0.308. The Morgan fingerprint density at radius 2 is 0.500 bits per heavy atom. The molecule has 0 saturated heterocycles. The van der Waals surface area contributed by atoms with Crippen LogP contribution in [0.15, 0.2) is 146 Å². The molecule has 76 heavy (non-hydrogen) atoms. The van der Waals surface area contributed by atoms with E-state index < -0.39 is 0 Å². The van der Waals surface area contributed by atoms with Crippen molar-refractivity contribution in [1.29, 1.82) is 0 Å². The maximum Gasteiger partial charge on any atom is 0.118 e. The lowest BCUT2D eigenvalue weighted by molar-refractivity contribution is -0.0188. The zero-order valence-electron chi connectivity index (χ0n) is 44.2. The Morgan fingerprint density at radius 3 is 0.763 bits per heavy atom. The van der Waals surface area contributed by atoms with E-state index in [-0.39, 0.29) is 0 Å². The lowest BCUT2D eigenvalue weighted by Gasteiger charge is -2.13. The molecule has 0 saturated carbocycles. The van der Waals surface area contributed by atoms with E-state index in [0.717, 1.165) is 113 Å². The fourth-order valence-electron chi connectivity index (χ4n) is 8.34. The van der Waals surface area contributed by atoms with Crippen molar-refractivity contribution >= 4 is 0 Å². The van der Waals surface area contributed by atoms with Crippen LogP contribution in [0.25, 0.3) is 67.3 Å². The third-order valence-corrected chi connectivity index (χ3v) is 12.2. The molecule has 0 unspecified atom stereocenters. The van der Waals surface area contributed by atoms with Crippen LogP contribution in [0.4, 0.5) is 0 Å². The molecule has 0 aliphatic heterocycles. The number of aryl methyl sites for hydroxylation is 2. The largest absolute Gasteiger partial charge is 0.497 e. The molecule has 0 amide bonds. The van der Waals surface area contributed by atoms with Gasteiger partial charge in [-0.05, 0) is 155 Å². The molecule has 4 aromatic carbocycles. The number of pyridine rings is 4. The highest BCUT2D eigenvalue weighted by Crippen LogP contribution is 2.33. The van der Waals surface area contributed by atoms with Gasteiger partial charge < -0.3 is 47.4 Å². The number of nitrogens with zero attached hydrogens (tertiary/aromatic N) is 4. The van der Waals surface area contributed by atoms with Crippen molar-refractivity contribution in [3.8, 4) is 90.3 Å². The number of benzene rings is 4. The van der Waals surface area contributed by atoms with Crippen molar-refractivity contribution in [3.63, 3.8) is 0 Å². The molecule has 0 atom stereocenters. The van der Waals surface area contributed by atoms with Gasteiger partial charge in [-0.3, -0.25) is 9.97 Å². The van der Waals surface area contributed by atoms with Crippen molar-refractivity contribution in [3.05, 3.63) is 168 Å². The maximum atomic E-state index is 6.05. The molecule has 0 aliphatic rings. The Morgan fingerprint density at radius 1 is 0.263 bits per heavy atom. The van der Waals surface area contributed by atoms with Crippen LogP contribution in [-0.4, -0.2) is 114 Å². The van der Waals surface area contributed by atoms with Crippen molar-refractivity contribution in [1.82, 2.24) is 19.9 Å². The highest BCUT2D eigenvalue weighted by molar-refractivity contribution is 5.76. The standard InChI is InChI=1S/C62H66N4O10/c1-43-33-49(45-7-15-55(67-3)16-8-45)37-59(63-43)61-39-51(47-11-19-57(69-5)20-12-47)35-53(65-61)41-75-31-29-73-27-25-71-23-24-72-26-28-74-30-32-76-42-54-36-52(48-13-21-58(70-6)22-14-48)40-62(66-54)60-38-50(34-44(2)64-60)46-9-17-56(68-4)18-10-46/h7-22,33-40H,23-32,41-42H2,1-6H3. The molecule has 0 N–H and O–H groups in total. The first kappa shape index (κ1) is 54.7. The molecule has 14 heteroatoms. The molecule has 8 aromatic rings. The van der Waals surface area contributed by atoms with E-state index in [2.05, 4.69) is 36.4 Å². The molecule has 0 aliphatic carbocycles. The molecule has 0 bridgehead atoms. The number of aromatic nitrogens is 4. The number of hydrogen-bond acceptors (Lipinski definition) is 14. The van der Waals surface area contributed by atoms with Crippen LogP contribution in [0.3, 0.4) is 0 Å². The van der Waals surface area contributed by atoms with Gasteiger partial charge in [0, 0.05) is 11.4 Å². The second kappa shape index (κ2) is 28.4. The number of methoxy groups -OCH3 is 4. The van der Waals surface area contributed by atoms with E-state index in [0.29, 0.717) is 79.3 Å². The van der Waals surface area contributed by atoms with Crippen LogP contribution in [0, 0.1) is 13.8 Å². The lowest BCUT2D eigenvalue weighted by Crippen LogP contribution is -2.14. The van der Waals surface area contributed by atoms with Crippen LogP contribution < -0.4 is 18.9 Å². The summed E-state index contributed by atoms with van der Waals surface area (Å²) in [6, 6.07) is 48.5. The van der Waals surface area contributed by atoms with E-state index in [1.54, 1.807) is 28.4 Å². The summed E-state index contributed by atoms with van der Waals surface area (Å²) in [5, 5.41) is 0. The fourth-order valence-corrected chi connectivity index (χ4v) is 8.34. The second-order valence-electron chi connectivity index (χ2n) is 17.7. The molecule has 0 fully saturated rings. The minimum atomic E-state index is 0.308. The Hall–Kier alpha value is -7.56. The van der Waals surface area contributed by atoms with E-state index in [9.17, 15) is 0 Å². The average Bonchev–Trinajstić information content (AvgIpc) is 3.46. The topological polar surface area (TPSA) is 144 Å². The quantitative estimate of drug-likeness (QED) is 0.0410. The van der Waals surface area contributed by atoms with Crippen molar-refractivity contribution in [2.24, 2.45) is 0 Å². The Labute approximate surface area is 445 Å². The molecule has 4 heterocycles. The summed E-state index contributed by atoms with van der Waals surface area (Å²) >= 11 is 0. The van der Waals surface area contributed by atoms with Gasteiger partial charge in [-0.25, -0.2) is 9.97 Å². The van der Waals surface area contributed by atoms with Crippen LogP contribution in [0.5, 0.6) is 23.0 Å². The Kier molecular flexibility index (Phi) is 20.4. The third kappa shape index (κ3) is 16.0. The van der Waals surface area contributed by atoms with Crippen molar-refractivity contribution in [2.75, 3.05) is 94.5 Å². The normalized spacial score (nSPS) is 11.2. The van der Waals surface area contributed by atoms with Gasteiger partial charge in [-0.15, -0.1) is 0 Å². The van der Waals surface area contributed by atoms with Gasteiger partial charge in [-0.2, -0.15) is 0 Å². The van der Waals surface area contributed by atoms with Gasteiger partial charge in [-0.1, -0.05) is 48.5 Å². The van der Waals surface area contributed by atoms with Crippen LogP contribution >= 0.6 is 0 Å². The van der Waals surface area contributed by atoms with Gasteiger partial charge in [0.1, 0.15) is 23.0 Å². The number of rotatable bonds is 29. The molecule has 394 valence electrons. The monoisotopic (exact) mass is 1030 g/mol. The van der Waals surface area contributed by atoms with E-state index in [1.165, 1.54) is 0 Å². The Bertz CT molecular complexity index is 2850. The minimum Gasteiger partial charge on any atom is -0.497 e. The first-order valence-electron chi connectivity index (χ1n) is 25.3. The summed E-state index contributed by atoms with van der Waals surface area (Å²) < 4.78 is 56.6. The highest BCUT2D eigenvalue weighted by atomic mass is 16.6. The molecule has 8 rings (SSSR count). The Balaban J connectivity index is 0.724. The van der Waals surface area contributed by atoms with E-state index in [1.807, 2.05) is 123 Å². The predicted octanol–water partition coefficient (Wildman–Crippen LogP) is 11.7. The van der Waals surface area contributed by atoms with E-state index in [4.69, 9.17) is 67.3 Å². The SMILES string of the molecule is COc1ccc(-c2cc(C)nc(-c3cc(-c4ccc(OC)cc4)cc(COCCOCCOCCOCCOCCOCc4cc(-c5ccc(OC)cc5)cc(-c5cc(-c6ccc(OC)cc6)cc(C)n5)n4)n3)c2)cc1. The first-order chi connectivity index (χ1) is 37.3. The molecule has 0 radical (unpaired) electrons. The van der Waals surface area contributed by atoms with Gasteiger partial charge in [0.15, 0.2) is 0 Å². The van der Waals surface area contributed by atoms with Crippen LogP contribution in [0.1, 0.15) is 22.8 Å². The van der Waals surface area contributed by atoms with Crippen LogP contribution in [0.2, 0.25) is 0 Å². The number of ether oxygens (including phenoxy) is 10. The van der Waals surface area contributed by atoms with Gasteiger partial charge in [0.05, 0.1) is 142 Å². The summed E-state index contributed by atoms with van der Waals surface area (Å²) in [4.78, 5) is 19.8. The fraction of sp³-hybridized carbons (Fsp3) is 0.290. The van der Waals surface area contributed by atoms with Gasteiger partial charge >= 0.3 is 0 Å². The summed E-state index contributed by atoms with van der Waals surface area (Å²) in [5.74, 6) is 3.19. The highest BCUT2D eigenvalue weighted by Gasteiger charge is 2.14. The lowest BCUT2D eigenvalue weighted by atomic mass is 10.0. The summed E-state index contributed by atoms with van der Waals surface area (Å²) in [5.41, 5.74) is 14.7. The molecular weight excluding hydrogens is 961 g/mol.